The lowest BCUT2D eigenvalue weighted by atomic mass is 9.84. The molecule has 21 heavy (non-hydrogen) atoms. The van der Waals surface area contributed by atoms with Gasteiger partial charge in [0.05, 0.1) is 0 Å². The highest BCUT2D eigenvalue weighted by Crippen LogP contribution is 2.26. The minimum Gasteiger partial charge on any atom is -0.334 e. The van der Waals surface area contributed by atoms with Crippen LogP contribution in [0.25, 0.3) is 0 Å². The highest BCUT2D eigenvalue weighted by atomic mass is 19.4. The van der Waals surface area contributed by atoms with Gasteiger partial charge in [0, 0.05) is 13.0 Å². The molecule has 0 spiro atoms. The quantitative estimate of drug-likeness (QED) is 0.783. The highest BCUT2D eigenvalue weighted by Gasteiger charge is 2.33. The van der Waals surface area contributed by atoms with Crippen molar-refractivity contribution in [1.29, 1.82) is 0 Å². The predicted molar refractivity (Wildman–Crippen MR) is 76.9 cm³/mol. The Morgan fingerprint density at radius 3 is 2.48 bits per heavy atom. The van der Waals surface area contributed by atoms with Crippen LogP contribution in [0.2, 0.25) is 0 Å². The largest absolute Gasteiger partial charge is 0.406 e. The van der Waals surface area contributed by atoms with Gasteiger partial charge in [0.1, 0.15) is 6.54 Å². The van der Waals surface area contributed by atoms with Gasteiger partial charge in [-0.15, -0.1) is 0 Å². The summed E-state index contributed by atoms with van der Waals surface area (Å²) < 4.78 is 37.7. The number of carbonyl (C=O) groups is 1. The number of amides is 1. The normalized spacial score (nSPS) is 18.5. The summed E-state index contributed by atoms with van der Waals surface area (Å²) in [4.78, 5) is 13.2. The molecule has 1 rings (SSSR count). The minimum atomic E-state index is -4.32. The fourth-order valence-corrected chi connectivity index (χ4v) is 2.84. The summed E-state index contributed by atoms with van der Waals surface area (Å²) in [6.45, 7) is 4.85. The lowest BCUT2D eigenvalue weighted by molar-refractivity contribution is -0.162. The van der Waals surface area contributed by atoms with Gasteiger partial charge in [-0.25, -0.2) is 0 Å². The zero-order valence-corrected chi connectivity index (χ0v) is 13.0. The molecule has 0 saturated carbocycles. The summed E-state index contributed by atoms with van der Waals surface area (Å²) in [5.41, 5.74) is 0. The van der Waals surface area contributed by atoms with Crippen LogP contribution in [0.3, 0.4) is 0 Å². The second-order valence-corrected chi connectivity index (χ2v) is 6.05. The van der Waals surface area contributed by atoms with Crippen LogP contribution < -0.4 is 5.32 Å². The number of nitrogens with zero attached hydrogens (tertiary/aromatic N) is 1. The Bertz CT molecular complexity index is 315. The second kappa shape index (κ2) is 8.61. The highest BCUT2D eigenvalue weighted by molar-refractivity contribution is 5.76. The van der Waals surface area contributed by atoms with E-state index < -0.39 is 12.7 Å². The van der Waals surface area contributed by atoms with Crippen molar-refractivity contribution in [3.63, 3.8) is 0 Å². The summed E-state index contributed by atoms with van der Waals surface area (Å²) in [6.07, 6.45) is -0.688. The Kier molecular flexibility index (Phi) is 7.49. The number of hydrogen-bond donors (Lipinski definition) is 1. The van der Waals surface area contributed by atoms with Crippen molar-refractivity contribution in [3.8, 4) is 0 Å². The average Bonchev–Trinajstić information content (AvgIpc) is 2.43. The number of unbranched alkanes of at least 4 members (excludes halogenated alkanes) is 1. The van der Waals surface area contributed by atoms with Gasteiger partial charge in [-0.05, 0) is 44.2 Å². The van der Waals surface area contributed by atoms with E-state index in [1.807, 2.05) is 13.8 Å². The molecule has 6 heteroatoms. The van der Waals surface area contributed by atoms with Gasteiger partial charge in [-0.2, -0.15) is 13.2 Å². The van der Waals surface area contributed by atoms with Crippen LogP contribution in [0.1, 0.15) is 46.0 Å². The second-order valence-electron chi connectivity index (χ2n) is 6.05. The number of piperidine rings is 1. The molecule has 1 heterocycles. The Labute approximate surface area is 125 Å². The molecule has 1 aliphatic rings. The van der Waals surface area contributed by atoms with Crippen LogP contribution in [0, 0.1) is 11.8 Å². The summed E-state index contributed by atoms with van der Waals surface area (Å²) in [7, 11) is 0. The van der Waals surface area contributed by atoms with Crippen molar-refractivity contribution in [2.45, 2.75) is 52.1 Å². The van der Waals surface area contributed by atoms with Gasteiger partial charge in [0.15, 0.2) is 0 Å². The van der Waals surface area contributed by atoms with Gasteiger partial charge in [-0.3, -0.25) is 4.79 Å². The van der Waals surface area contributed by atoms with Crippen LogP contribution in [0.4, 0.5) is 13.2 Å². The van der Waals surface area contributed by atoms with E-state index in [9.17, 15) is 18.0 Å². The lowest BCUT2D eigenvalue weighted by Gasteiger charge is -2.30. The van der Waals surface area contributed by atoms with E-state index >= 15 is 0 Å². The first-order valence-electron chi connectivity index (χ1n) is 7.88. The number of carbonyl (C=O) groups excluding carboxylic acids is 1. The van der Waals surface area contributed by atoms with E-state index in [-0.39, 0.29) is 24.8 Å². The van der Waals surface area contributed by atoms with Crippen molar-refractivity contribution >= 4 is 5.91 Å². The van der Waals surface area contributed by atoms with Gasteiger partial charge < -0.3 is 10.2 Å². The van der Waals surface area contributed by atoms with Gasteiger partial charge >= 0.3 is 6.18 Å². The first-order valence-corrected chi connectivity index (χ1v) is 7.88. The Balaban J connectivity index is 2.53. The van der Waals surface area contributed by atoms with E-state index in [0.717, 1.165) is 37.3 Å². The van der Waals surface area contributed by atoms with Crippen molar-refractivity contribution in [2.24, 2.45) is 11.8 Å². The van der Waals surface area contributed by atoms with Gasteiger partial charge in [-0.1, -0.05) is 20.3 Å². The fraction of sp³-hybridized carbons (Fsp3) is 0.933. The maximum atomic E-state index is 12.6. The Morgan fingerprint density at radius 2 is 1.95 bits per heavy atom. The molecule has 0 aromatic rings. The summed E-state index contributed by atoms with van der Waals surface area (Å²) >= 11 is 0. The molecular weight excluding hydrogens is 281 g/mol. The molecule has 1 unspecified atom stereocenters. The van der Waals surface area contributed by atoms with Gasteiger partial charge in [0.25, 0.3) is 0 Å². The molecule has 0 bridgehead atoms. The maximum absolute atomic E-state index is 12.6. The van der Waals surface area contributed by atoms with Crippen molar-refractivity contribution in [1.82, 2.24) is 10.2 Å². The van der Waals surface area contributed by atoms with E-state index in [1.165, 1.54) is 0 Å². The summed E-state index contributed by atoms with van der Waals surface area (Å²) in [6, 6.07) is 0. The fourth-order valence-electron chi connectivity index (χ4n) is 2.84. The number of hydrogen-bond acceptors (Lipinski definition) is 2. The molecule has 1 saturated heterocycles. The molecule has 0 radical (unpaired) electrons. The summed E-state index contributed by atoms with van der Waals surface area (Å²) in [5, 5.41) is 3.26. The zero-order valence-electron chi connectivity index (χ0n) is 13.0. The van der Waals surface area contributed by atoms with E-state index in [1.54, 1.807) is 0 Å². The molecule has 3 nitrogen and oxygen atoms in total. The Hall–Kier alpha value is -0.780. The SMILES string of the molecule is CCCCN(CC(F)(F)F)C(=O)CC(C)C1CCNCC1. The molecule has 1 amide bonds. The topological polar surface area (TPSA) is 32.3 Å². The molecule has 1 atom stereocenters. The number of alkyl halides is 3. The van der Waals surface area contributed by atoms with E-state index in [0.29, 0.717) is 12.3 Å². The van der Waals surface area contributed by atoms with Crippen molar-refractivity contribution in [2.75, 3.05) is 26.2 Å². The molecule has 1 fully saturated rings. The van der Waals surface area contributed by atoms with Crippen LogP contribution in [-0.2, 0) is 4.79 Å². The zero-order chi connectivity index (χ0) is 15.9. The first kappa shape index (κ1) is 18.3. The minimum absolute atomic E-state index is 0.150. The van der Waals surface area contributed by atoms with Crippen LogP contribution in [-0.4, -0.2) is 43.2 Å². The third-order valence-electron chi connectivity index (χ3n) is 4.19. The molecule has 124 valence electrons. The van der Waals surface area contributed by atoms with Crippen molar-refractivity contribution in [3.05, 3.63) is 0 Å². The van der Waals surface area contributed by atoms with Crippen LogP contribution >= 0.6 is 0 Å². The smallest absolute Gasteiger partial charge is 0.334 e. The van der Waals surface area contributed by atoms with E-state index in [4.69, 9.17) is 0 Å². The maximum Gasteiger partial charge on any atom is 0.406 e. The Morgan fingerprint density at radius 1 is 1.33 bits per heavy atom. The first-order chi connectivity index (χ1) is 9.83. The standard InChI is InChI=1S/C15H27F3N2O/c1-3-4-9-20(11-15(16,17)18)14(21)10-12(2)13-5-7-19-8-6-13/h12-13,19H,3-11H2,1-2H3. The molecule has 0 aromatic heterocycles. The molecular formula is C15H27F3N2O. The molecule has 0 aromatic carbocycles. The monoisotopic (exact) mass is 308 g/mol. The molecule has 1 N–H and O–H groups in total. The number of nitrogens with one attached hydrogen (secondary N) is 1. The summed E-state index contributed by atoms with van der Waals surface area (Å²) in [5.74, 6) is 0.234. The molecule has 1 aliphatic heterocycles. The van der Waals surface area contributed by atoms with E-state index in [2.05, 4.69) is 5.32 Å². The lowest BCUT2D eigenvalue weighted by Crippen LogP contribution is -2.41. The average molecular weight is 308 g/mol. The van der Waals surface area contributed by atoms with Crippen LogP contribution in [0.5, 0.6) is 0 Å². The predicted octanol–water partition coefficient (Wildman–Crippen LogP) is 3.20. The van der Waals surface area contributed by atoms with Crippen molar-refractivity contribution < 1.29 is 18.0 Å². The number of rotatable bonds is 7. The third-order valence-corrected chi connectivity index (χ3v) is 4.19. The third kappa shape index (κ3) is 7.16. The molecule has 0 aliphatic carbocycles. The number of halogens is 3. The van der Waals surface area contributed by atoms with Crippen LogP contribution in [0.15, 0.2) is 0 Å². The van der Waals surface area contributed by atoms with Gasteiger partial charge in [0.2, 0.25) is 5.91 Å².